The Kier molecular flexibility index (Phi) is 3.24. The number of carbonyl (C=O) groups is 1. The fourth-order valence-corrected chi connectivity index (χ4v) is 0.423. The van der Waals surface area contributed by atoms with Crippen LogP contribution in [0.3, 0.4) is 0 Å². The molecule has 0 aromatic rings. The Balaban J connectivity index is 3.50. The van der Waals surface area contributed by atoms with E-state index < -0.39 is 0 Å². The maximum atomic E-state index is 10.4. The summed E-state index contributed by atoms with van der Waals surface area (Å²) in [5.74, 6) is 0.0104. The predicted molar refractivity (Wildman–Crippen MR) is 37.3 cm³/mol. The number of nitrogens with zero attached hydrogens (tertiary/aromatic N) is 1. The number of amides is 1. The van der Waals surface area contributed by atoms with E-state index in [1.165, 1.54) is 6.92 Å². The van der Waals surface area contributed by atoms with E-state index in [9.17, 15) is 4.79 Å². The van der Waals surface area contributed by atoms with Crippen molar-refractivity contribution in [3.05, 3.63) is 0 Å². The van der Waals surface area contributed by atoms with Gasteiger partial charge in [-0.15, -0.1) is 0 Å². The lowest BCUT2D eigenvalue weighted by Crippen LogP contribution is -2.44. The van der Waals surface area contributed by atoms with Crippen molar-refractivity contribution in [2.75, 3.05) is 14.1 Å². The van der Waals surface area contributed by atoms with Gasteiger partial charge >= 0.3 is 0 Å². The van der Waals surface area contributed by atoms with Gasteiger partial charge in [0.2, 0.25) is 12.1 Å². The van der Waals surface area contributed by atoms with Gasteiger partial charge in [0.15, 0.2) is 0 Å². The molecule has 0 saturated carbocycles. The number of hydrogen-bond acceptors (Lipinski definition) is 2. The van der Waals surface area contributed by atoms with Crippen molar-refractivity contribution in [3.8, 4) is 0 Å². The molecule has 0 aromatic carbocycles. The molecule has 3 nitrogen and oxygen atoms in total. The van der Waals surface area contributed by atoms with Crippen molar-refractivity contribution in [3.63, 3.8) is 0 Å². The second-order valence-electron chi connectivity index (χ2n) is 2.34. The summed E-state index contributed by atoms with van der Waals surface area (Å²) in [6, 6.07) is 0. The molecular weight excluding hydrogens is 116 g/mol. The lowest BCUT2D eigenvalue weighted by molar-refractivity contribution is -0.120. The SMILES string of the molecule is CC(=O)NC(C)[N+](C)C. The Morgan fingerprint density at radius 1 is 1.56 bits per heavy atom. The van der Waals surface area contributed by atoms with Crippen LogP contribution < -0.4 is 10.2 Å². The maximum Gasteiger partial charge on any atom is 0.221 e. The zero-order valence-corrected chi connectivity index (χ0v) is 6.43. The van der Waals surface area contributed by atoms with E-state index in [1.807, 2.05) is 25.9 Å². The van der Waals surface area contributed by atoms with Gasteiger partial charge in [-0.1, -0.05) is 0 Å². The van der Waals surface area contributed by atoms with Gasteiger partial charge in [-0.25, -0.2) is 0 Å². The number of carbonyl (C=O) groups excluding carboxylic acids is 1. The average Bonchev–Trinajstić information content (AvgIpc) is 1.63. The van der Waals surface area contributed by atoms with E-state index >= 15 is 0 Å². The summed E-state index contributed by atoms with van der Waals surface area (Å²) in [6.45, 7) is 3.45. The highest BCUT2D eigenvalue weighted by atomic mass is 16.1. The zero-order chi connectivity index (χ0) is 7.44. The highest BCUT2D eigenvalue weighted by molar-refractivity contribution is 5.73. The smallest absolute Gasteiger partial charge is 0.221 e. The van der Waals surface area contributed by atoms with Crippen LogP contribution in [0.15, 0.2) is 0 Å². The third-order valence-electron chi connectivity index (χ3n) is 1.19. The van der Waals surface area contributed by atoms with Crippen LogP contribution in [-0.4, -0.2) is 26.2 Å². The quantitative estimate of drug-likeness (QED) is 0.410. The number of hydrogen-bond donors (Lipinski definition) is 1. The van der Waals surface area contributed by atoms with Crippen molar-refractivity contribution >= 4 is 5.91 Å². The first-order valence-electron chi connectivity index (χ1n) is 2.97. The molecule has 0 saturated heterocycles. The third-order valence-corrected chi connectivity index (χ3v) is 1.19. The monoisotopic (exact) mass is 130 g/mol. The van der Waals surface area contributed by atoms with Gasteiger partial charge < -0.3 is 5.32 Å². The Morgan fingerprint density at radius 2 is 2.00 bits per heavy atom. The molecule has 0 aliphatic rings. The molecule has 0 fully saturated rings. The topological polar surface area (TPSA) is 35.0 Å². The second-order valence-corrected chi connectivity index (χ2v) is 2.34. The normalized spacial score (nSPS) is 13.4. The molecule has 0 aliphatic heterocycles. The Labute approximate surface area is 56.0 Å². The minimum Gasteiger partial charge on any atom is -0.303 e. The summed E-state index contributed by atoms with van der Waals surface area (Å²) >= 11 is 0. The van der Waals surface area contributed by atoms with Crippen molar-refractivity contribution in [1.82, 2.24) is 10.2 Å². The van der Waals surface area contributed by atoms with E-state index in [2.05, 4.69) is 5.32 Å². The van der Waals surface area contributed by atoms with Crippen LogP contribution in [0, 0.1) is 0 Å². The fraction of sp³-hybridized carbons (Fsp3) is 0.833. The number of nitrogens with one attached hydrogen (secondary N) is 1. The molecule has 0 aliphatic carbocycles. The van der Waals surface area contributed by atoms with E-state index in [0.717, 1.165) is 0 Å². The van der Waals surface area contributed by atoms with Crippen molar-refractivity contribution in [2.45, 2.75) is 20.0 Å². The molecule has 1 radical (unpaired) electrons. The van der Waals surface area contributed by atoms with Crippen LogP contribution in [0.25, 0.3) is 0 Å². The first-order chi connectivity index (χ1) is 4.04. The van der Waals surface area contributed by atoms with E-state index in [0.29, 0.717) is 0 Å². The molecule has 3 heteroatoms. The predicted octanol–water partition coefficient (Wildman–Crippen LogP) is -0.132. The third kappa shape index (κ3) is 3.97. The van der Waals surface area contributed by atoms with Crippen LogP contribution in [0.2, 0.25) is 0 Å². The molecule has 0 heterocycles. The maximum absolute atomic E-state index is 10.4. The molecule has 1 amide bonds. The van der Waals surface area contributed by atoms with Crippen LogP contribution in [0.5, 0.6) is 0 Å². The first-order valence-corrected chi connectivity index (χ1v) is 2.97. The van der Waals surface area contributed by atoms with Gasteiger partial charge in [-0.05, 0) is 0 Å². The minimum atomic E-state index is 0.0104. The average molecular weight is 130 g/mol. The molecule has 53 valence electrons. The summed E-state index contributed by atoms with van der Waals surface area (Å²) in [5.41, 5.74) is 0. The summed E-state index contributed by atoms with van der Waals surface area (Å²) in [6.07, 6.45) is 0.127. The molecule has 1 atom stereocenters. The Morgan fingerprint density at radius 3 is 2.11 bits per heavy atom. The highest BCUT2D eigenvalue weighted by Gasteiger charge is 2.11. The summed E-state index contributed by atoms with van der Waals surface area (Å²) in [5, 5.41) is 2.73. The van der Waals surface area contributed by atoms with Crippen molar-refractivity contribution in [2.24, 2.45) is 0 Å². The number of rotatable bonds is 2. The van der Waals surface area contributed by atoms with Crippen LogP contribution in [0.1, 0.15) is 13.8 Å². The molecule has 9 heavy (non-hydrogen) atoms. The lowest BCUT2D eigenvalue weighted by atomic mass is 10.5. The van der Waals surface area contributed by atoms with Gasteiger partial charge in [0, 0.05) is 13.8 Å². The standard InChI is InChI=1S/C6H14N2O/c1-5(8(3)4)7-6(2)9/h5H,1-4H3,(H,7,9)/q+1. The van der Waals surface area contributed by atoms with Crippen molar-refractivity contribution in [1.29, 1.82) is 0 Å². The molecular formula is C6H14N2O+. The highest BCUT2D eigenvalue weighted by Crippen LogP contribution is 1.79. The summed E-state index contributed by atoms with van der Waals surface area (Å²) in [7, 11) is 3.83. The van der Waals surface area contributed by atoms with Crippen LogP contribution >= 0.6 is 0 Å². The van der Waals surface area contributed by atoms with Gasteiger partial charge in [0.05, 0.1) is 0 Å². The molecule has 1 unspecified atom stereocenters. The second kappa shape index (κ2) is 3.45. The molecule has 0 spiro atoms. The molecule has 0 aromatic heterocycles. The molecule has 0 bridgehead atoms. The molecule has 1 N–H and O–H groups in total. The lowest BCUT2D eigenvalue weighted by Gasteiger charge is -2.10. The van der Waals surface area contributed by atoms with Gasteiger partial charge in [0.25, 0.3) is 0 Å². The van der Waals surface area contributed by atoms with Gasteiger partial charge in [0.1, 0.15) is 14.1 Å². The van der Waals surface area contributed by atoms with Gasteiger partial charge in [-0.2, -0.15) is 4.90 Å². The minimum absolute atomic E-state index is 0.0104. The Hall–Kier alpha value is -0.570. The summed E-state index contributed by atoms with van der Waals surface area (Å²) in [4.78, 5) is 12.4. The fourth-order valence-electron chi connectivity index (χ4n) is 0.423. The largest absolute Gasteiger partial charge is 0.303 e. The first kappa shape index (κ1) is 8.43. The summed E-state index contributed by atoms with van der Waals surface area (Å²) < 4.78 is 0. The molecule has 0 rings (SSSR count). The van der Waals surface area contributed by atoms with Crippen LogP contribution in [0.4, 0.5) is 0 Å². The van der Waals surface area contributed by atoms with Crippen LogP contribution in [-0.2, 0) is 4.79 Å². The van der Waals surface area contributed by atoms with Gasteiger partial charge in [-0.3, -0.25) is 4.79 Å². The van der Waals surface area contributed by atoms with E-state index in [4.69, 9.17) is 0 Å². The zero-order valence-electron chi connectivity index (χ0n) is 6.43. The van der Waals surface area contributed by atoms with Crippen molar-refractivity contribution < 1.29 is 4.79 Å². The van der Waals surface area contributed by atoms with E-state index in [-0.39, 0.29) is 12.1 Å². The van der Waals surface area contributed by atoms with E-state index in [1.54, 1.807) is 0 Å². The Bertz CT molecular complexity index is 101.